The van der Waals surface area contributed by atoms with Gasteiger partial charge in [-0.05, 0) is 36.7 Å². The second-order valence-electron chi connectivity index (χ2n) is 5.26. The number of nitrogens with one attached hydrogen (secondary N) is 2. The molecule has 0 bridgehead atoms. The van der Waals surface area contributed by atoms with Gasteiger partial charge in [0.2, 0.25) is 0 Å². The minimum atomic E-state index is -0.363. The van der Waals surface area contributed by atoms with Crippen molar-refractivity contribution < 1.29 is 9.53 Å². The molecule has 5 nitrogen and oxygen atoms in total. The summed E-state index contributed by atoms with van der Waals surface area (Å²) in [7, 11) is 1.38. The van der Waals surface area contributed by atoms with Gasteiger partial charge in [0, 0.05) is 11.4 Å². The van der Waals surface area contributed by atoms with Crippen LogP contribution in [0.15, 0.2) is 24.3 Å². The highest BCUT2D eigenvalue weighted by Crippen LogP contribution is 2.33. The van der Waals surface area contributed by atoms with Crippen LogP contribution in [-0.2, 0) is 17.7 Å². The summed E-state index contributed by atoms with van der Waals surface area (Å²) in [6.45, 7) is 1.95. The fourth-order valence-corrected chi connectivity index (χ4v) is 3.92. The summed E-state index contributed by atoms with van der Waals surface area (Å²) in [5.74, 6) is 0.448. The number of imidazole rings is 1. The van der Waals surface area contributed by atoms with E-state index >= 15 is 0 Å². The number of aromatic nitrogens is 2. The van der Waals surface area contributed by atoms with Crippen molar-refractivity contribution in [1.29, 1.82) is 0 Å². The van der Waals surface area contributed by atoms with Gasteiger partial charge in [0.15, 0.2) is 0 Å². The molecule has 1 aliphatic rings. The maximum atomic E-state index is 11.9. The number of para-hydroxylation sites is 1. The van der Waals surface area contributed by atoms with E-state index in [-0.39, 0.29) is 5.97 Å². The van der Waals surface area contributed by atoms with Crippen LogP contribution in [0, 0.1) is 0 Å². The monoisotopic (exact) mass is 313 g/mol. The van der Waals surface area contributed by atoms with E-state index in [1.54, 1.807) is 17.4 Å². The van der Waals surface area contributed by atoms with Gasteiger partial charge >= 0.3 is 5.97 Å². The van der Waals surface area contributed by atoms with Gasteiger partial charge < -0.3 is 15.0 Å². The number of aromatic amines is 1. The van der Waals surface area contributed by atoms with Crippen LogP contribution in [0.5, 0.6) is 0 Å². The van der Waals surface area contributed by atoms with Crippen LogP contribution in [0.3, 0.4) is 0 Å². The van der Waals surface area contributed by atoms with Crippen LogP contribution in [0.2, 0.25) is 0 Å². The summed E-state index contributed by atoms with van der Waals surface area (Å²) in [5, 5.41) is 3.38. The zero-order valence-corrected chi connectivity index (χ0v) is 12.9. The number of H-pyrrole nitrogens is 1. The number of hydrogen-bond acceptors (Lipinski definition) is 5. The number of methoxy groups -OCH3 is 1. The number of nitrogens with zero attached hydrogens (tertiary/aromatic N) is 1. The van der Waals surface area contributed by atoms with Crippen LogP contribution in [0.4, 0.5) is 0 Å². The number of carbonyl (C=O) groups is 1. The zero-order chi connectivity index (χ0) is 15.1. The molecule has 0 atom stereocenters. The quantitative estimate of drug-likeness (QED) is 0.714. The summed E-state index contributed by atoms with van der Waals surface area (Å²) < 4.78 is 4.83. The summed E-state index contributed by atoms with van der Waals surface area (Å²) in [6, 6.07) is 7.70. The topological polar surface area (TPSA) is 67.0 Å². The van der Waals surface area contributed by atoms with Gasteiger partial charge in [-0.15, -0.1) is 11.3 Å². The van der Waals surface area contributed by atoms with E-state index in [1.165, 1.54) is 17.6 Å². The second kappa shape index (κ2) is 5.23. The van der Waals surface area contributed by atoms with Crippen molar-refractivity contribution in [2.45, 2.75) is 13.0 Å². The molecule has 0 radical (unpaired) electrons. The van der Waals surface area contributed by atoms with Gasteiger partial charge in [-0.1, -0.05) is 6.07 Å². The van der Waals surface area contributed by atoms with Gasteiger partial charge in [-0.25, -0.2) is 9.78 Å². The van der Waals surface area contributed by atoms with E-state index in [1.807, 2.05) is 12.1 Å². The van der Waals surface area contributed by atoms with Crippen molar-refractivity contribution in [2.75, 3.05) is 13.7 Å². The third kappa shape index (κ3) is 2.12. The maximum Gasteiger partial charge on any atom is 0.340 e. The SMILES string of the molecule is COC(=O)c1cccc2[nH]c(-c3cc4c(s3)CNCC4)nc12. The molecule has 22 heavy (non-hydrogen) atoms. The molecule has 1 aliphatic heterocycles. The Balaban J connectivity index is 1.82. The van der Waals surface area contributed by atoms with Crippen molar-refractivity contribution >= 4 is 28.3 Å². The molecule has 0 spiro atoms. The third-order valence-electron chi connectivity index (χ3n) is 3.90. The van der Waals surface area contributed by atoms with Crippen LogP contribution < -0.4 is 5.32 Å². The smallest absolute Gasteiger partial charge is 0.340 e. The predicted octanol–water partition coefficient (Wildman–Crippen LogP) is 2.72. The highest BCUT2D eigenvalue weighted by atomic mass is 32.1. The zero-order valence-electron chi connectivity index (χ0n) is 12.1. The normalized spacial score (nSPS) is 14.0. The Kier molecular flexibility index (Phi) is 3.20. The highest BCUT2D eigenvalue weighted by Gasteiger charge is 2.18. The van der Waals surface area contributed by atoms with E-state index in [4.69, 9.17) is 4.74 Å². The van der Waals surface area contributed by atoms with Crippen LogP contribution in [0.1, 0.15) is 20.8 Å². The average molecular weight is 313 g/mol. The van der Waals surface area contributed by atoms with Gasteiger partial charge in [0.05, 0.1) is 23.1 Å². The van der Waals surface area contributed by atoms with Crippen LogP contribution in [0.25, 0.3) is 21.7 Å². The fourth-order valence-electron chi connectivity index (χ4n) is 2.79. The van der Waals surface area contributed by atoms with E-state index in [0.717, 1.165) is 35.7 Å². The van der Waals surface area contributed by atoms with Crippen molar-refractivity contribution in [1.82, 2.24) is 15.3 Å². The van der Waals surface area contributed by atoms with E-state index in [0.29, 0.717) is 11.1 Å². The lowest BCUT2D eigenvalue weighted by Gasteiger charge is -2.10. The second-order valence-corrected chi connectivity index (χ2v) is 6.40. The molecule has 0 saturated carbocycles. The van der Waals surface area contributed by atoms with Crippen molar-refractivity contribution in [2.24, 2.45) is 0 Å². The Bertz CT molecular complexity index is 842. The molecule has 4 rings (SSSR count). The molecule has 0 saturated heterocycles. The lowest BCUT2D eigenvalue weighted by atomic mass is 10.1. The molecule has 0 fully saturated rings. The molecule has 1 aromatic carbocycles. The first-order valence-electron chi connectivity index (χ1n) is 7.16. The standard InChI is InChI=1S/C16H15N3O2S/c1-21-16(20)10-3-2-4-11-14(10)19-15(18-11)12-7-9-5-6-17-8-13(9)22-12/h2-4,7,17H,5-6,8H2,1H3,(H,18,19). The number of fused-ring (bicyclic) bond motifs is 2. The largest absolute Gasteiger partial charge is 0.465 e. The summed E-state index contributed by atoms with van der Waals surface area (Å²) in [4.78, 5) is 22.3. The van der Waals surface area contributed by atoms with E-state index in [9.17, 15) is 4.79 Å². The molecule has 2 aromatic heterocycles. The van der Waals surface area contributed by atoms with Crippen molar-refractivity contribution in [3.8, 4) is 10.7 Å². The summed E-state index contributed by atoms with van der Waals surface area (Å²) in [6.07, 6.45) is 1.06. The van der Waals surface area contributed by atoms with Crippen LogP contribution >= 0.6 is 11.3 Å². The van der Waals surface area contributed by atoms with E-state index in [2.05, 4.69) is 21.4 Å². The van der Waals surface area contributed by atoms with Crippen LogP contribution in [-0.4, -0.2) is 29.6 Å². The third-order valence-corrected chi connectivity index (χ3v) is 5.09. The molecular weight excluding hydrogens is 298 g/mol. The Morgan fingerprint density at radius 1 is 1.41 bits per heavy atom. The van der Waals surface area contributed by atoms with Crippen molar-refractivity contribution in [3.05, 3.63) is 40.3 Å². The first-order chi connectivity index (χ1) is 10.8. The molecular formula is C16H15N3O2S. The van der Waals surface area contributed by atoms with Gasteiger partial charge in [0.1, 0.15) is 11.3 Å². The number of carbonyl (C=O) groups excluding carboxylic acids is 1. The summed E-state index contributed by atoms with van der Waals surface area (Å²) >= 11 is 1.75. The summed E-state index contributed by atoms with van der Waals surface area (Å²) in [5.41, 5.74) is 3.40. The Morgan fingerprint density at radius 3 is 3.14 bits per heavy atom. The maximum absolute atomic E-state index is 11.9. The average Bonchev–Trinajstić information content (AvgIpc) is 3.16. The number of benzene rings is 1. The van der Waals surface area contributed by atoms with Gasteiger partial charge in [0.25, 0.3) is 0 Å². The first kappa shape index (κ1) is 13.5. The molecule has 2 N–H and O–H groups in total. The molecule has 6 heteroatoms. The molecule has 112 valence electrons. The number of ether oxygens (including phenoxy) is 1. The molecule has 3 aromatic rings. The Hall–Kier alpha value is -2.18. The number of esters is 1. The molecule has 0 amide bonds. The number of hydrogen-bond donors (Lipinski definition) is 2. The van der Waals surface area contributed by atoms with Gasteiger partial charge in [-0.2, -0.15) is 0 Å². The number of thiophene rings is 1. The Morgan fingerprint density at radius 2 is 2.32 bits per heavy atom. The Labute approximate surface area is 131 Å². The fraction of sp³-hybridized carbons (Fsp3) is 0.250. The van der Waals surface area contributed by atoms with Gasteiger partial charge in [-0.3, -0.25) is 0 Å². The lowest BCUT2D eigenvalue weighted by Crippen LogP contribution is -2.21. The molecule has 0 unspecified atom stereocenters. The predicted molar refractivity (Wildman–Crippen MR) is 86.2 cm³/mol. The lowest BCUT2D eigenvalue weighted by molar-refractivity contribution is 0.0603. The minimum absolute atomic E-state index is 0.363. The van der Waals surface area contributed by atoms with E-state index < -0.39 is 0 Å². The van der Waals surface area contributed by atoms with Crippen molar-refractivity contribution in [3.63, 3.8) is 0 Å². The first-order valence-corrected chi connectivity index (χ1v) is 7.97. The molecule has 0 aliphatic carbocycles. The highest BCUT2D eigenvalue weighted by molar-refractivity contribution is 7.15. The minimum Gasteiger partial charge on any atom is -0.465 e. The number of rotatable bonds is 2. The molecule has 3 heterocycles.